The highest BCUT2D eigenvalue weighted by atomic mass is 35.5. The van der Waals surface area contributed by atoms with Crippen LogP contribution in [0.2, 0.25) is 0 Å². The van der Waals surface area contributed by atoms with Crippen LogP contribution in [0, 0.1) is 0 Å². The maximum absolute atomic E-state index is 6.25. The number of nitrogens with zero attached hydrogens (tertiary/aromatic N) is 4. The van der Waals surface area contributed by atoms with Gasteiger partial charge in [0.2, 0.25) is 0 Å². The van der Waals surface area contributed by atoms with E-state index in [0.29, 0.717) is 0 Å². The number of aromatic nitrogens is 4. The summed E-state index contributed by atoms with van der Waals surface area (Å²) >= 11 is 6.25. The molecule has 0 spiro atoms. The van der Waals surface area contributed by atoms with Crippen molar-refractivity contribution in [3.8, 4) is 0 Å². The van der Waals surface area contributed by atoms with E-state index in [1.165, 1.54) is 5.56 Å². The topological polar surface area (TPSA) is 43.6 Å². The molecule has 0 aliphatic carbocycles. The Labute approximate surface area is 122 Å². The molecular weight excluding hydrogens is 272 g/mol. The van der Waals surface area contributed by atoms with E-state index in [9.17, 15) is 0 Å². The largest absolute Gasteiger partial charge is 0.326 e. The number of alkyl halides is 1. The van der Waals surface area contributed by atoms with Crippen LogP contribution in [0.3, 0.4) is 0 Å². The molecule has 0 amide bonds. The molecule has 1 atom stereocenters. The molecule has 3 rings (SSSR count). The van der Waals surface area contributed by atoms with E-state index in [2.05, 4.69) is 25.6 Å². The van der Waals surface area contributed by atoms with Crippen molar-refractivity contribution in [2.45, 2.75) is 25.3 Å². The Morgan fingerprint density at radius 2 is 2.05 bits per heavy atom. The van der Waals surface area contributed by atoms with Gasteiger partial charge in [-0.15, -0.1) is 11.6 Å². The maximum Gasteiger partial charge on any atom is 0.127 e. The fourth-order valence-corrected chi connectivity index (χ4v) is 2.49. The van der Waals surface area contributed by atoms with E-state index in [1.807, 2.05) is 25.3 Å². The number of pyridine rings is 2. The lowest BCUT2D eigenvalue weighted by Crippen LogP contribution is -2.07. The summed E-state index contributed by atoms with van der Waals surface area (Å²) in [6.45, 7) is 2.77. The van der Waals surface area contributed by atoms with Crippen LogP contribution in [0.4, 0.5) is 0 Å². The second-order valence-electron chi connectivity index (χ2n) is 4.71. The van der Waals surface area contributed by atoms with Crippen LogP contribution in [-0.4, -0.2) is 19.5 Å². The molecular formula is C15H15ClN4. The van der Waals surface area contributed by atoms with Crippen molar-refractivity contribution in [1.82, 2.24) is 19.5 Å². The van der Waals surface area contributed by atoms with Gasteiger partial charge < -0.3 is 4.57 Å². The first-order valence-corrected chi connectivity index (χ1v) is 7.02. The quantitative estimate of drug-likeness (QED) is 0.691. The van der Waals surface area contributed by atoms with Gasteiger partial charge >= 0.3 is 0 Å². The van der Waals surface area contributed by atoms with Gasteiger partial charge in [0, 0.05) is 25.1 Å². The molecule has 102 valence electrons. The van der Waals surface area contributed by atoms with Crippen LogP contribution in [0.5, 0.6) is 0 Å². The first-order valence-electron chi connectivity index (χ1n) is 6.59. The van der Waals surface area contributed by atoms with Gasteiger partial charge in [-0.05, 0) is 31.0 Å². The molecule has 0 aromatic carbocycles. The Morgan fingerprint density at radius 1 is 1.20 bits per heavy atom. The third-order valence-corrected chi connectivity index (χ3v) is 3.48. The molecule has 4 nitrogen and oxygen atoms in total. The van der Waals surface area contributed by atoms with Crippen LogP contribution in [0.15, 0.2) is 43.0 Å². The first kappa shape index (κ1) is 13.1. The van der Waals surface area contributed by atoms with Crippen molar-refractivity contribution in [3.63, 3.8) is 0 Å². The monoisotopic (exact) mass is 286 g/mol. The zero-order valence-electron chi connectivity index (χ0n) is 11.2. The average molecular weight is 287 g/mol. The molecule has 0 aliphatic rings. The van der Waals surface area contributed by atoms with Crippen LogP contribution < -0.4 is 0 Å². The molecule has 0 radical (unpaired) electrons. The summed E-state index contributed by atoms with van der Waals surface area (Å²) in [6.07, 6.45) is 8.14. The fourth-order valence-electron chi connectivity index (χ4n) is 2.33. The van der Waals surface area contributed by atoms with Gasteiger partial charge in [-0.2, -0.15) is 0 Å². The van der Waals surface area contributed by atoms with E-state index < -0.39 is 0 Å². The van der Waals surface area contributed by atoms with Crippen molar-refractivity contribution in [2.24, 2.45) is 0 Å². The molecule has 20 heavy (non-hydrogen) atoms. The lowest BCUT2D eigenvalue weighted by molar-refractivity contribution is 0.667. The molecule has 1 unspecified atom stereocenters. The average Bonchev–Trinajstić information content (AvgIpc) is 2.85. The van der Waals surface area contributed by atoms with Gasteiger partial charge in [-0.1, -0.05) is 6.07 Å². The van der Waals surface area contributed by atoms with Gasteiger partial charge in [0.1, 0.15) is 11.3 Å². The third-order valence-electron chi connectivity index (χ3n) is 3.28. The van der Waals surface area contributed by atoms with Crippen molar-refractivity contribution < 1.29 is 0 Å². The molecule has 0 fully saturated rings. The first-order chi connectivity index (χ1) is 9.75. The summed E-state index contributed by atoms with van der Waals surface area (Å²) in [5.74, 6) is 0.888. The Hall–Kier alpha value is -1.94. The third kappa shape index (κ3) is 2.51. The van der Waals surface area contributed by atoms with Crippen LogP contribution >= 0.6 is 11.6 Å². The Kier molecular flexibility index (Phi) is 3.65. The second kappa shape index (κ2) is 5.59. The predicted molar refractivity (Wildman–Crippen MR) is 79.7 cm³/mol. The van der Waals surface area contributed by atoms with Gasteiger partial charge in [-0.25, -0.2) is 4.98 Å². The number of hydrogen-bond donors (Lipinski definition) is 0. The molecule has 0 bridgehead atoms. The standard InChI is InChI=1S/C15H15ClN4/c1-11(16)15-19-13-10-18-7-4-14(13)20(15)8-5-12-3-2-6-17-9-12/h2-4,6-7,9-11H,5,8H2,1H3. The predicted octanol–water partition coefficient (Wildman–Crippen LogP) is 3.37. The minimum Gasteiger partial charge on any atom is -0.326 e. The lowest BCUT2D eigenvalue weighted by atomic mass is 10.2. The van der Waals surface area contributed by atoms with Crippen LogP contribution in [0.25, 0.3) is 11.0 Å². The summed E-state index contributed by atoms with van der Waals surface area (Å²) in [5.41, 5.74) is 3.17. The molecule has 0 N–H and O–H groups in total. The van der Waals surface area contributed by atoms with Crippen molar-refractivity contribution in [3.05, 3.63) is 54.4 Å². The molecule has 5 heteroatoms. The Bertz CT molecular complexity index is 706. The van der Waals surface area contributed by atoms with Crippen LogP contribution in [0.1, 0.15) is 23.7 Å². The maximum atomic E-state index is 6.25. The van der Waals surface area contributed by atoms with Gasteiger partial charge in [-0.3, -0.25) is 9.97 Å². The van der Waals surface area contributed by atoms with Gasteiger partial charge in [0.25, 0.3) is 0 Å². The normalized spacial score (nSPS) is 12.7. The SMILES string of the molecule is CC(Cl)c1nc2cnccc2n1CCc1cccnc1. The van der Waals surface area contributed by atoms with E-state index in [1.54, 1.807) is 18.6 Å². The van der Waals surface area contributed by atoms with Crippen molar-refractivity contribution in [2.75, 3.05) is 0 Å². The van der Waals surface area contributed by atoms with Gasteiger partial charge in [0.15, 0.2) is 0 Å². The minimum absolute atomic E-state index is 0.128. The highest BCUT2D eigenvalue weighted by Gasteiger charge is 2.14. The number of aryl methyl sites for hydroxylation is 2. The summed E-state index contributed by atoms with van der Waals surface area (Å²) in [7, 11) is 0. The number of rotatable bonds is 4. The summed E-state index contributed by atoms with van der Waals surface area (Å²) < 4.78 is 2.17. The fraction of sp³-hybridized carbons (Fsp3) is 0.267. The molecule has 0 aliphatic heterocycles. The second-order valence-corrected chi connectivity index (χ2v) is 5.37. The number of fused-ring (bicyclic) bond motifs is 1. The summed E-state index contributed by atoms with van der Waals surface area (Å²) in [6, 6.07) is 6.02. The summed E-state index contributed by atoms with van der Waals surface area (Å²) in [5, 5.41) is -0.128. The summed E-state index contributed by atoms with van der Waals surface area (Å²) in [4.78, 5) is 12.8. The number of hydrogen-bond acceptors (Lipinski definition) is 3. The number of halogens is 1. The molecule has 3 heterocycles. The minimum atomic E-state index is -0.128. The van der Waals surface area contributed by atoms with Gasteiger partial charge in [0.05, 0.1) is 17.1 Å². The van der Waals surface area contributed by atoms with E-state index in [0.717, 1.165) is 29.8 Å². The van der Waals surface area contributed by atoms with Crippen molar-refractivity contribution >= 4 is 22.6 Å². The van der Waals surface area contributed by atoms with Crippen LogP contribution in [-0.2, 0) is 13.0 Å². The highest BCUT2D eigenvalue weighted by molar-refractivity contribution is 6.20. The lowest BCUT2D eigenvalue weighted by Gasteiger charge is -2.10. The molecule has 3 aromatic heterocycles. The van der Waals surface area contributed by atoms with E-state index in [-0.39, 0.29) is 5.38 Å². The zero-order valence-corrected chi connectivity index (χ0v) is 12.0. The number of imidazole rings is 1. The molecule has 0 saturated heterocycles. The highest BCUT2D eigenvalue weighted by Crippen LogP contribution is 2.24. The van der Waals surface area contributed by atoms with E-state index in [4.69, 9.17) is 11.6 Å². The van der Waals surface area contributed by atoms with E-state index >= 15 is 0 Å². The smallest absolute Gasteiger partial charge is 0.127 e. The molecule has 0 saturated carbocycles. The van der Waals surface area contributed by atoms with Crippen molar-refractivity contribution in [1.29, 1.82) is 0 Å². The Morgan fingerprint density at radius 3 is 2.80 bits per heavy atom. The zero-order chi connectivity index (χ0) is 13.9. The molecule has 3 aromatic rings. The Balaban J connectivity index is 1.95.